The summed E-state index contributed by atoms with van der Waals surface area (Å²) in [5, 5.41) is 7.83. The van der Waals surface area contributed by atoms with Crippen molar-refractivity contribution in [1.29, 1.82) is 0 Å². The van der Waals surface area contributed by atoms with Crippen molar-refractivity contribution in [2.45, 2.75) is 31.6 Å². The Hall–Kier alpha value is -2.41. The van der Waals surface area contributed by atoms with Gasteiger partial charge in [-0.1, -0.05) is 31.2 Å². The molecule has 7 heteroatoms. The maximum absolute atomic E-state index is 13.1. The highest BCUT2D eigenvalue weighted by molar-refractivity contribution is 7.90. The van der Waals surface area contributed by atoms with Crippen molar-refractivity contribution in [3.63, 3.8) is 0 Å². The number of aryl methyl sites for hydroxylation is 1. The summed E-state index contributed by atoms with van der Waals surface area (Å²) in [6.07, 6.45) is 0. The summed E-state index contributed by atoms with van der Waals surface area (Å²) in [6, 6.07) is 10.5. The Morgan fingerprint density at radius 1 is 1.12 bits per heavy atom. The van der Waals surface area contributed by atoms with Crippen LogP contribution in [0.15, 0.2) is 41.3 Å². The summed E-state index contributed by atoms with van der Waals surface area (Å²) in [6.45, 7) is 5.93. The Labute approximate surface area is 141 Å². The zero-order chi connectivity index (χ0) is 17.5. The van der Waals surface area contributed by atoms with Crippen LogP contribution >= 0.6 is 0 Å². The first-order valence-corrected chi connectivity index (χ1v) is 9.04. The number of hydrogen-bond acceptors (Lipinski definition) is 5. The van der Waals surface area contributed by atoms with E-state index < -0.39 is 10.0 Å². The summed E-state index contributed by atoms with van der Waals surface area (Å²) in [7, 11) is -2.47. The molecule has 2 aromatic carbocycles. The lowest BCUT2D eigenvalue weighted by molar-refractivity contribution is 0.402. The molecule has 0 spiro atoms. The summed E-state index contributed by atoms with van der Waals surface area (Å²) >= 11 is 0. The van der Waals surface area contributed by atoms with Crippen molar-refractivity contribution >= 4 is 21.1 Å². The van der Waals surface area contributed by atoms with E-state index in [-0.39, 0.29) is 16.6 Å². The minimum absolute atomic E-state index is 0.0866. The van der Waals surface area contributed by atoms with Crippen LogP contribution in [0.2, 0.25) is 0 Å². The van der Waals surface area contributed by atoms with E-state index >= 15 is 0 Å². The van der Waals surface area contributed by atoms with Crippen molar-refractivity contribution in [3.05, 3.63) is 47.5 Å². The van der Waals surface area contributed by atoms with E-state index in [9.17, 15) is 8.42 Å². The normalized spacial score (nSPS) is 12.0. The second-order valence-corrected chi connectivity index (χ2v) is 7.73. The van der Waals surface area contributed by atoms with Crippen molar-refractivity contribution in [2.75, 3.05) is 7.11 Å². The minimum Gasteiger partial charge on any atom is -0.495 e. The van der Waals surface area contributed by atoms with Gasteiger partial charge in [-0.15, -0.1) is 9.19 Å². The second-order valence-electron chi connectivity index (χ2n) is 5.99. The number of methoxy groups -OCH3 is 1. The smallest absolute Gasteiger partial charge is 0.288 e. The fraction of sp³-hybridized carbons (Fsp3) is 0.294. The van der Waals surface area contributed by atoms with Crippen LogP contribution in [0.25, 0.3) is 11.0 Å². The van der Waals surface area contributed by atoms with Gasteiger partial charge >= 0.3 is 0 Å². The first-order chi connectivity index (χ1) is 11.3. The standard InChI is InChI=1S/C17H19N3O3S/c1-11(2)13-6-8-16(23-4)17(10-13)24(21,22)20-15-7-5-12(3)9-14(15)18-19-20/h5-11H,1-4H3. The van der Waals surface area contributed by atoms with Crippen LogP contribution < -0.4 is 4.74 Å². The predicted octanol–water partition coefficient (Wildman–Crippen LogP) is 3.11. The maximum atomic E-state index is 13.1. The highest BCUT2D eigenvalue weighted by Gasteiger charge is 2.26. The van der Waals surface area contributed by atoms with Crippen LogP contribution in [0, 0.1) is 6.92 Å². The molecule has 0 bridgehead atoms. The highest BCUT2D eigenvalue weighted by Crippen LogP contribution is 2.30. The molecule has 3 rings (SSSR count). The van der Waals surface area contributed by atoms with E-state index in [0.29, 0.717) is 11.0 Å². The Balaban J connectivity index is 2.25. The topological polar surface area (TPSA) is 74.1 Å². The zero-order valence-corrected chi connectivity index (χ0v) is 14.8. The molecule has 24 heavy (non-hydrogen) atoms. The highest BCUT2D eigenvalue weighted by atomic mass is 32.2. The van der Waals surface area contributed by atoms with Crippen LogP contribution in [0.5, 0.6) is 5.75 Å². The van der Waals surface area contributed by atoms with Crippen LogP contribution in [-0.4, -0.2) is 29.9 Å². The average Bonchev–Trinajstić information content (AvgIpc) is 2.97. The molecular weight excluding hydrogens is 326 g/mol. The third-order valence-corrected chi connectivity index (χ3v) is 5.53. The van der Waals surface area contributed by atoms with Crippen molar-refractivity contribution in [3.8, 4) is 5.75 Å². The van der Waals surface area contributed by atoms with Gasteiger partial charge < -0.3 is 4.74 Å². The van der Waals surface area contributed by atoms with Gasteiger partial charge in [0.1, 0.15) is 21.7 Å². The number of benzene rings is 2. The lowest BCUT2D eigenvalue weighted by Gasteiger charge is -2.13. The van der Waals surface area contributed by atoms with Crippen LogP contribution in [0.3, 0.4) is 0 Å². The predicted molar refractivity (Wildman–Crippen MR) is 91.9 cm³/mol. The van der Waals surface area contributed by atoms with E-state index in [2.05, 4.69) is 10.3 Å². The van der Waals surface area contributed by atoms with Gasteiger partial charge in [-0.05, 0) is 48.2 Å². The van der Waals surface area contributed by atoms with Crippen LogP contribution in [-0.2, 0) is 10.0 Å². The summed E-state index contributed by atoms with van der Waals surface area (Å²) in [5.74, 6) is 0.482. The molecule has 0 amide bonds. The first kappa shape index (κ1) is 16.4. The minimum atomic E-state index is -3.92. The summed E-state index contributed by atoms with van der Waals surface area (Å²) < 4.78 is 32.5. The molecule has 3 aromatic rings. The summed E-state index contributed by atoms with van der Waals surface area (Å²) in [5.41, 5.74) is 2.89. The Morgan fingerprint density at radius 3 is 2.54 bits per heavy atom. The van der Waals surface area contributed by atoms with E-state index in [1.54, 1.807) is 24.3 Å². The Kier molecular flexibility index (Phi) is 4.04. The van der Waals surface area contributed by atoms with Gasteiger partial charge in [0, 0.05) is 0 Å². The van der Waals surface area contributed by atoms with Gasteiger partial charge in [0.15, 0.2) is 0 Å². The molecular formula is C17H19N3O3S. The van der Waals surface area contributed by atoms with Gasteiger partial charge in [0.25, 0.3) is 10.0 Å². The number of fused-ring (bicyclic) bond motifs is 1. The van der Waals surface area contributed by atoms with E-state index in [0.717, 1.165) is 15.2 Å². The van der Waals surface area contributed by atoms with Gasteiger partial charge in [0.05, 0.1) is 7.11 Å². The molecule has 0 N–H and O–H groups in total. The van der Waals surface area contributed by atoms with Crippen LogP contribution in [0.1, 0.15) is 30.9 Å². The fourth-order valence-corrected chi connectivity index (χ4v) is 3.96. The molecule has 0 fully saturated rings. The Morgan fingerprint density at radius 2 is 1.88 bits per heavy atom. The Bertz CT molecular complexity index is 1010. The monoisotopic (exact) mass is 345 g/mol. The zero-order valence-electron chi connectivity index (χ0n) is 14.0. The van der Waals surface area contributed by atoms with Crippen LogP contribution in [0.4, 0.5) is 0 Å². The molecule has 0 saturated heterocycles. The number of ether oxygens (including phenoxy) is 1. The molecule has 0 saturated carbocycles. The lowest BCUT2D eigenvalue weighted by Crippen LogP contribution is -2.16. The van der Waals surface area contributed by atoms with Crippen molar-refractivity contribution in [2.24, 2.45) is 0 Å². The van der Waals surface area contributed by atoms with Gasteiger partial charge in [-0.25, -0.2) is 0 Å². The average molecular weight is 345 g/mol. The number of nitrogens with zero attached hydrogens (tertiary/aromatic N) is 3. The number of hydrogen-bond donors (Lipinski definition) is 0. The maximum Gasteiger partial charge on any atom is 0.288 e. The largest absolute Gasteiger partial charge is 0.495 e. The number of rotatable bonds is 4. The van der Waals surface area contributed by atoms with E-state index in [1.165, 1.54) is 7.11 Å². The molecule has 0 unspecified atom stereocenters. The molecule has 0 radical (unpaired) electrons. The molecule has 0 aliphatic rings. The molecule has 1 aromatic heterocycles. The fourth-order valence-electron chi connectivity index (χ4n) is 2.54. The number of aromatic nitrogens is 3. The lowest BCUT2D eigenvalue weighted by atomic mass is 10.0. The SMILES string of the molecule is COc1ccc(C(C)C)cc1S(=O)(=O)n1nnc2cc(C)ccc21. The third-order valence-electron chi connectivity index (χ3n) is 3.93. The van der Waals surface area contributed by atoms with E-state index in [4.69, 9.17) is 4.74 Å². The first-order valence-electron chi connectivity index (χ1n) is 7.60. The third kappa shape index (κ3) is 2.65. The van der Waals surface area contributed by atoms with Gasteiger partial charge in [-0.3, -0.25) is 0 Å². The molecule has 126 valence electrons. The quantitative estimate of drug-likeness (QED) is 0.726. The van der Waals surface area contributed by atoms with Crippen molar-refractivity contribution < 1.29 is 13.2 Å². The summed E-state index contributed by atoms with van der Waals surface area (Å²) in [4.78, 5) is 0.0866. The molecule has 0 atom stereocenters. The molecule has 6 nitrogen and oxygen atoms in total. The second kappa shape index (κ2) is 5.90. The van der Waals surface area contributed by atoms with Crippen molar-refractivity contribution in [1.82, 2.24) is 14.4 Å². The van der Waals surface area contributed by atoms with Gasteiger partial charge in [0.2, 0.25) is 0 Å². The van der Waals surface area contributed by atoms with Gasteiger partial charge in [-0.2, -0.15) is 8.42 Å². The molecule has 1 heterocycles. The molecule has 0 aliphatic carbocycles. The molecule has 0 aliphatic heterocycles. The van der Waals surface area contributed by atoms with E-state index in [1.807, 2.05) is 32.9 Å².